The van der Waals surface area contributed by atoms with Crippen LogP contribution >= 0.6 is 0 Å². The highest BCUT2D eigenvalue weighted by atomic mass is 16.5. The summed E-state index contributed by atoms with van der Waals surface area (Å²) < 4.78 is 10.5. The number of phenolic OH excluding ortho intramolecular Hbond substituents is 1. The standard InChI is InChI=1S/C13H13NO4/c1-7-6-10(17-2)11-8(13(7)18-3)4-5-9(14-16)12(11)15/h4-6,15H,1-3H3. The van der Waals surface area contributed by atoms with Gasteiger partial charge in [-0.3, -0.25) is 0 Å². The number of nitroso groups, excluding NO2 is 1. The first-order chi connectivity index (χ1) is 8.63. The first-order valence-corrected chi connectivity index (χ1v) is 5.34. The Labute approximate surface area is 104 Å². The van der Waals surface area contributed by atoms with Crippen molar-refractivity contribution in [3.63, 3.8) is 0 Å². The van der Waals surface area contributed by atoms with E-state index in [2.05, 4.69) is 5.18 Å². The molecule has 0 radical (unpaired) electrons. The fraction of sp³-hybridized carbons (Fsp3) is 0.231. The van der Waals surface area contributed by atoms with Gasteiger partial charge < -0.3 is 14.6 Å². The Morgan fingerprint density at radius 2 is 1.94 bits per heavy atom. The molecule has 0 heterocycles. The van der Waals surface area contributed by atoms with Crippen molar-refractivity contribution in [3.05, 3.63) is 28.7 Å². The molecule has 0 unspecified atom stereocenters. The van der Waals surface area contributed by atoms with E-state index < -0.39 is 0 Å². The minimum absolute atomic E-state index is 0.0216. The van der Waals surface area contributed by atoms with E-state index in [0.717, 1.165) is 5.56 Å². The van der Waals surface area contributed by atoms with Gasteiger partial charge in [0.25, 0.3) is 0 Å². The SMILES string of the molecule is COc1c(C)cc(OC)c2c(O)c(N=O)ccc12. The Morgan fingerprint density at radius 1 is 1.22 bits per heavy atom. The van der Waals surface area contributed by atoms with Crippen LogP contribution in [0, 0.1) is 11.8 Å². The molecule has 0 atom stereocenters. The van der Waals surface area contributed by atoms with Crippen molar-refractivity contribution in [1.82, 2.24) is 0 Å². The molecular formula is C13H13NO4. The molecule has 0 aliphatic rings. The van der Waals surface area contributed by atoms with Crippen molar-refractivity contribution >= 4 is 16.5 Å². The summed E-state index contributed by atoms with van der Waals surface area (Å²) in [7, 11) is 3.05. The number of aryl methyl sites for hydroxylation is 1. The van der Waals surface area contributed by atoms with Crippen molar-refractivity contribution in [2.24, 2.45) is 5.18 Å². The average molecular weight is 247 g/mol. The smallest absolute Gasteiger partial charge is 0.156 e. The zero-order valence-electron chi connectivity index (χ0n) is 10.4. The van der Waals surface area contributed by atoms with Crippen molar-refractivity contribution < 1.29 is 14.6 Å². The molecule has 0 aliphatic carbocycles. The Kier molecular flexibility index (Phi) is 3.06. The lowest BCUT2D eigenvalue weighted by molar-refractivity contribution is 0.405. The average Bonchev–Trinajstić information content (AvgIpc) is 2.38. The van der Waals surface area contributed by atoms with Crippen LogP contribution in [0.4, 0.5) is 5.69 Å². The summed E-state index contributed by atoms with van der Waals surface area (Å²) in [6.45, 7) is 1.88. The molecule has 0 amide bonds. The van der Waals surface area contributed by atoms with Crippen LogP contribution in [-0.2, 0) is 0 Å². The zero-order valence-corrected chi connectivity index (χ0v) is 10.4. The molecule has 2 aromatic rings. The summed E-state index contributed by atoms with van der Waals surface area (Å²) in [5.41, 5.74) is 0.861. The monoisotopic (exact) mass is 247 g/mol. The topological polar surface area (TPSA) is 68.1 Å². The highest BCUT2D eigenvalue weighted by Gasteiger charge is 2.17. The number of methoxy groups -OCH3 is 2. The molecule has 0 fully saturated rings. The number of rotatable bonds is 3. The van der Waals surface area contributed by atoms with Gasteiger partial charge in [-0.25, -0.2) is 0 Å². The maximum Gasteiger partial charge on any atom is 0.156 e. The van der Waals surface area contributed by atoms with Crippen LogP contribution in [0.3, 0.4) is 0 Å². The molecule has 0 bridgehead atoms. The third-order valence-corrected chi connectivity index (χ3v) is 2.88. The number of aromatic hydroxyl groups is 1. The van der Waals surface area contributed by atoms with Crippen molar-refractivity contribution in [1.29, 1.82) is 0 Å². The third kappa shape index (κ3) is 1.64. The van der Waals surface area contributed by atoms with E-state index in [0.29, 0.717) is 22.3 Å². The largest absolute Gasteiger partial charge is 0.505 e. The zero-order chi connectivity index (χ0) is 13.3. The van der Waals surface area contributed by atoms with Gasteiger partial charge >= 0.3 is 0 Å². The number of phenols is 1. The minimum atomic E-state index is -0.197. The van der Waals surface area contributed by atoms with E-state index in [-0.39, 0.29) is 11.4 Å². The highest BCUT2D eigenvalue weighted by molar-refractivity contribution is 6.01. The summed E-state index contributed by atoms with van der Waals surface area (Å²) >= 11 is 0. The normalized spacial score (nSPS) is 10.4. The molecular weight excluding hydrogens is 234 g/mol. The Bertz CT molecular complexity index is 622. The molecule has 2 rings (SSSR count). The Balaban J connectivity index is 2.97. The Morgan fingerprint density at radius 3 is 2.50 bits per heavy atom. The van der Waals surface area contributed by atoms with E-state index in [1.54, 1.807) is 19.2 Å². The lowest BCUT2D eigenvalue weighted by Gasteiger charge is -2.14. The van der Waals surface area contributed by atoms with E-state index in [1.807, 2.05) is 6.92 Å². The molecule has 18 heavy (non-hydrogen) atoms. The Hall–Kier alpha value is -2.30. The van der Waals surface area contributed by atoms with Crippen LogP contribution in [-0.4, -0.2) is 19.3 Å². The van der Waals surface area contributed by atoms with Gasteiger partial charge in [0.15, 0.2) is 5.75 Å². The van der Waals surface area contributed by atoms with Crippen LogP contribution in [0.15, 0.2) is 23.4 Å². The van der Waals surface area contributed by atoms with Crippen LogP contribution in [0.1, 0.15) is 5.56 Å². The van der Waals surface area contributed by atoms with E-state index in [4.69, 9.17) is 9.47 Å². The number of ether oxygens (including phenoxy) is 2. The number of hydrogen-bond acceptors (Lipinski definition) is 5. The van der Waals surface area contributed by atoms with E-state index in [9.17, 15) is 10.0 Å². The molecule has 0 aliphatic heterocycles. The summed E-state index contributed by atoms with van der Waals surface area (Å²) in [4.78, 5) is 10.6. The molecule has 94 valence electrons. The number of benzene rings is 2. The molecule has 1 N–H and O–H groups in total. The third-order valence-electron chi connectivity index (χ3n) is 2.88. The van der Waals surface area contributed by atoms with Crippen LogP contribution in [0.5, 0.6) is 17.2 Å². The molecule has 0 spiro atoms. The van der Waals surface area contributed by atoms with Crippen LogP contribution in [0.25, 0.3) is 10.8 Å². The first-order valence-electron chi connectivity index (χ1n) is 5.34. The van der Waals surface area contributed by atoms with Crippen molar-refractivity contribution in [2.75, 3.05) is 14.2 Å². The second kappa shape index (κ2) is 4.52. The van der Waals surface area contributed by atoms with Gasteiger partial charge in [0, 0.05) is 5.39 Å². The molecule has 0 saturated carbocycles. The van der Waals surface area contributed by atoms with Gasteiger partial charge in [-0.15, -0.1) is 4.91 Å². The highest BCUT2D eigenvalue weighted by Crippen LogP contribution is 2.44. The molecule has 5 heteroatoms. The van der Waals surface area contributed by atoms with Gasteiger partial charge in [-0.05, 0) is 35.9 Å². The lowest BCUT2D eigenvalue weighted by atomic mass is 10.0. The maximum absolute atomic E-state index is 10.6. The predicted molar refractivity (Wildman–Crippen MR) is 68.9 cm³/mol. The first kappa shape index (κ1) is 12.2. The summed E-state index contributed by atoms with van der Waals surface area (Å²) in [5, 5.41) is 13.9. The van der Waals surface area contributed by atoms with Gasteiger partial charge in [-0.2, -0.15) is 0 Å². The van der Waals surface area contributed by atoms with Gasteiger partial charge in [-0.1, -0.05) is 0 Å². The van der Waals surface area contributed by atoms with E-state index in [1.165, 1.54) is 13.2 Å². The van der Waals surface area contributed by atoms with Crippen LogP contribution < -0.4 is 9.47 Å². The number of nitrogens with zero attached hydrogens (tertiary/aromatic N) is 1. The fourth-order valence-electron chi connectivity index (χ4n) is 2.07. The van der Waals surface area contributed by atoms with Gasteiger partial charge in [0.05, 0.1) is 19.6 Å². The van der Waals surface area contributed by atoms with Crippen molar-refractivity contribution in [3.8, 4) is 17.2 Å². The molecule has 0 aromatic heterocycles. The number of fused-ring (bicyclic) bond motifs is 1. The lowest BCUT2D eigenvalue weighted by Crippen LogP contribution is -1.93. The molecule has 5 nitrogen and oxygen atoms in total. The van der Waals surface area contributed by atoms with Gasteiger partial charge in [0.2, 0.25) is 0 Å². The summed E-state index contributed by atoms with van der Waals surface area (Å²) in [5.74, 6) is 0.919. The van der Waals surface area contributed by atoms with E-state index >= 15 is 0 Å². The maximum atomic E-state index is 10.6. The molecule has 0 saturated heterocycles. The minimum Gasteiger partial charge on any atom is -0.505 e. The summed E-state index contributed by atoms with van der Waals surface area (Å²) in [6, 6.07) is 4.88. The van der Waals surface area contributed by atoms with Crippen LogP contribution in [0.2, 0.25) is 0 Å². The second-order valence-corrected chi connectivity index (χ2v) is 3.88. The second-order valence-electron chi connectivity index (χ2n) is 3.88. The molecule has 2 aromatic carbocycles. The summed E-state index contributed by atoms with van der Waals surface area (Å²) in [6.07, 6.45) is 0. The number of hydrogen-bond donors (Lipinski definition) is 1. The quantitative estimate of drug-likeness (QED) is 0.845. The van der Waals surface area contributed by atoms with Crippen molar-refractivity contribution in [2.45, 2.75) is 6.92 Å². The predicted octanol–water partition coefficient (Wildman–Crippen LogP) is 3.27. The van der Waals surface area contributed by atoms with Gasteiger partial charge in [0.1, 0.15) is 17.2 Å². The fourth-order valence-corrected chi connectivity index (χ4v) is 2.07.